The summed E-state index contributed by atoms with van der Waals surface area (Å²) < 4.78 is 0. The molecule has 0 saturated heterocycles. The minimum atomic E-state index is 0.219. The van der Waals surface area contributed by atoms with Gasteiger partial charge in [0.25, 0.3) is 0 Å². The van der Waals surface area contributed by atoms with Gasteiger partial charge in [-0.2, -0.15) is 4.98 Å². The highest BCUT2D eigenvalue weighted by Gasteiger charge is 2.27. The van der Waals surface area contributed by atoms with Gasteiger partial charge < -0.3 is 16.4 Å². The second-order valence-corrected chi connectivity index (χ2v) is 5.17. The van der Waals surface area contributed by atoms with E-state index in [0.29, 0.717) is 0 Å². The van der Waals surface area contributed by atoms with Crippen LogP contribution < -0.4 is 16.4 Å². The van der Waals surface area contributed by atoms with E-state index >= 15 is 0 Å². The first-order valence-corrected chi connectivity index (χ1v) is 7.14. The lowest BCUT2D eigenvalue weighted by Crippen LogP contribution is -2.15. The van der Waals surface area contributed by atoms with E-state index in [1.807, 2.05) is 12.1 Å². The van der Waals surface area contributed by atoms with E-state index in [-0.39, 0.29) is 11.9 Å². The molecule has 0 radical (unpaired) electrons. The summed E-state index contributed by atoms with van der Waals surface area (Å²) in [5.41, 5.74) is 15.1. The number of pyridine rings is 1. The summed E-state index contributed by atoms with van der Waals surface area (Å²) in [6, 6.07) is 3.89. The predicted octanol–water partition coefficient (Wildman–Crippen LogP) is 1.19. The van der Waals surface area contributed by atoms with Crippen LogP contribution in [0.5, 0.6) is 0 Å². The molecule has 0 fully saturated rings. The summed E-state index contributed by atoms with van der Waals surface area (Å²) in [5, 5.41) is 0. The van der Waals surface area contributed by atoms with Crippen molar-refractivity contribution in [2.45, 2.75) is 6.42 Å². The van der Waals surface area contributed by atoms with Crippen LogP contribution in [-0.4, -0.2) is 31.5 Å². The first kappa shape index (κ1) is 13.4. The number of rotatable bonds is 2. The summed E-state index contributed by atoms with van der Waals surface area (Å²) in [7, 11) is 0. The fourth-order valence-corrected chi connectivity index (χ4v) is 2.75. The molecule has 1 aliphatic heterocycles. The summed E-state index contributed by atoms with van der Waals surface area (Å²) in [6.07, 6.45) is 7.63. The van der Waals surface area contributed by atoms with Crippen LogP contribution in [-0.2, 0) is 6.42 Å². The van der Waals surface area contributed by atoms with Gasteiger partial charge >= 0.3 is 0 Å². The molecule has 0 unspecified atom stereocenters. The first-order chi connectivity index (χ1) is 11.2. The lowest BCUT2D eigenvalue weighted by atomic mass is 10.1. The number of aromatic nitrogens is 5. The van der Waals surface area contributed by atoms with Crippen LogP contribution in [0.1, 0.15) is 5.56 Å². The highest BCUT2D eigenvalue weighted by atomic mass is 15.2. The molecule has 3 aromatic heterocycles. The van der Waals surface area contributed by atoms with E-state index < -0.39 is 0 Å². The number of hydrogen-bond donors (Lipinski definition) is 2. The molecule has 0 aromatic carbocycles. The van der Waals surface area contributed by atoms with Crippen LogP contribution in [0, 0.1) is 0 Å². The lowest BCUT2D eigenvalue weighted by molar-refractivity contribution is 0.988. The fraction of sp³-hybridized carbons (Fsp3) is 0.133. The largest absolute Gasteiger partial charge is 0.368 e. The number of anilines is 4. The Morgan fingerprint density at radius 3 is 2.43 bits per heavy atom. The van der Waals surface area contributed by atoms with Gasteiger partial charge in [0.2, 0.25) is 11.9 Å². The van der Waals surface area contributed by atoms with Gasteiger partial charge in [0.15, 0.2) is 0 Å². The number of fused-ring (bicyclic) bond motifs is 1. The molecule has 23 heavy (non-hydrogen) atoms. The molecule has 8 nitrogen and oxygen atoms in total. The number of nitrogens with zero attached hydrogens (tertiary/aromatic N) is 6. The molecular formula is C15H14N8. The van der Waals surface area contributed by atoms with Crippen LogP contribution in [0.3, 0.4) is 0 Å². The summed E-state index contributed by atoms with van der Waals surface area (Å²) in [5.74, 6) is 1.26. The van der Waals surface area contributed by atoms with Crippen molar-refractivity contribution < 1.29 is 0 Å². The second kappa shape index (κ2) is 5.16. The molecule has 4 N–H and O–H groups in total. The summed E-state index contributed by atoms with van der Waals surface area (Å²) in [4.78, 5) is 23.0. The highest BCUT2D eigenvalue weighted by molar-refractivity contribution is 5.76. The average Bonchev–Trinajstić information content (AvgIpc) is 2.99. The zero-order valence-corrected chi connectivity index (χ0v) is 12.2. The van der Waals surface area contributed by atoms with Crippen molar-refractivity contribution in [2.24, 2.45) is 0 Å². The maximum atomic E-state index is 5.91. The van der Waals surface area contributed by atoms with E-state index in [1.54, 1.807) is 24.8 Å². The van der Waals surface area contributed by atoms with Crippen molar-refractivity contribution in [3.8, 4) is 11.3 Å². The third kappa shape index (κ3) is 2.30. The Balaban J connectivity index is 1.84. The normalized spacial score (nSPS) is 13.1. The topological polar surface area (TPSA) is 120 Å². The van der Waals surface area contributed by atoms with E-state index in [1.165, 1.54) is 0 Å². The number of hydrogen-bond acceptors (Lipinski definition) is 8. The number of nitrogen functional groups attached to an aromatic ring is 2. The molecule has 0 atom stereocenters. The predicted molar refractivity (Wildman–Crippen MR) is 86.8 cm³/mol. The molecule has 8 heteroatoms. The van der Waals surface area contributed by atoms with Crippen LogP contribution >= 0.6 is 0 Å². The maximum absolute atomic E-state index is 5.91. The van der Waals surface area contributed by atoms with Crippen LogP contribution in [0.15, 0.2) is 36.9 Å². The van der Waals surface area contributed by atoms with Gasteiger partial charge in [-0.3, -0.25) is 4.98 Å². The molecule has 0 saturated carbocycles. The quantitative estimate of drug-likeness (QED) is 0.724. The van der Waals surface area contributed by atoms with Crippen molar-refractivity contribution in [2.75, 3.05) is 22.9 Å². The SMILES string of the molecule is Nc1ncc(-c2nc(N)nc3c2CCN3c2ccncc2)cn1. The third-order valence-corrected chi connectivity index (χ3v) is 3.76. The van der Waals surface area contributed by atoms with Gasteiger partial charge in [-0.25, -0.2) is 15.0 Å². The molecule has 4 rings (SSSR count). The molecule has 0 bridgehead atoms. The van der Waals surface area contributed by atoms with Gasteiger partial charge in [0, 0.05) is 48.1 Å². The molecular weight excluding hydrogens is 292 g/mol. The molecule has 0 amide bonds. The van der Waals surface area contributed by atoms with Gasteiger partial charge in [-0.05, 0) is 18.6 Å². The van der Waals surface area contributed by atoms with E-state index in [9.17, 15) is 0 Å². The smallest absolute Gasteiger partial charge is 0.222 e. The zero-order valence-electron chi connectivity index (χ0n) is 12.2. The Morgan fingerprint density at radius 1 is 0.957 bits per heavy atom. The molecule has 114 valence electrons. The Bertz CT molecular complexity index is 847. The average molecular weight is 306 g/mol. The second-order valence-electron chi connectivity index (χ2n) is 5.17. The van der Waals surface area contributed by atoms with E-state index in [0.717, 1.165) is 41.3 Å². The maximum Gasteiger partial charge on any atom is 0.222 e. The molecule has 0 aliphatic carbocycles. The van der Waals surface area contributed by atoms with Crippen molar-refractivity contribution in [3.05, 3.63) is 42.5 Å². The van der Waals surface area contributed by atoms with Crippen LogP contribution in [0.25, 0.3) is 11.3 Å². The van der Waals surface area contributed by atoms with Crippen molar-refractivity contribution in [1.82, 2.24) is 24.9 Å². The Hall–Kier alpha value is -3.29. The standard InChI is InChI=1S/C15H14N8/c16-14-19-7-9(8-20-14)12-11-3-6-23(10-1-4-18-5-2-10)13(11)22-15(17)21-12/h1-2,4-5,7-8H,3,6H2,(H2,16,19,20)(H2,17,21,22). The van der Waals surface area contributed by atoms with Crippen LogP contribution in [0.4, 0.5) is 23.4 Å². The van der Waals surface area contributed by atoms with E-state index in [4.69, 9.17) is 11.5 Å². The minimum absolute atomic E-state index is 0.219. The van der Waals surface area contributed by atoms with Crippen molar-refractivity contribution in [3.63, 3.8) is 0 Å². The Morgan fingerprint density at radius 2 is 1.70 bits per heavy atom. The monoisotopic (exact) mass is 306 g/mol. The zero-order chi connectivity index (χ0) is 15.8. The Labute approximate surface area is 132 Å². The van der Waals surface area contributed by atoms with Gasteiger partial charge in [-0.1, -0.05) is 0 Å². The number of nitrogens with two attached hydrogens (primary N) is 2. The third-order valence-electron chi connectivity index (χ3n) is 3.76. The summed E-state index contributed by atoms with van der Waals surface area (Å²) in [6.45, 7) is 0.806. The van der Waals surface area contributed by atoms with Crippen LogP contribution in [0.2, 0.25) is 0 Å². The highest BCUT2D eigenvalue weighted by Crippen LogP contribution is 2.37. The molecule has 0 spiro atoms. The van der Waals surface area contributed by atoms with Gasteiger partial charge in [0.05, 0.1) is 5.69 Å². The Kier molecular flexibility index (Phi) is 3.00. The molecule has 4 heterocycles. The van der Waals surface area contributed by atoms with Gasteiger partial charge in [0.1, 0.15) is 5.82 Å². The molecule has 1 aliphatic rings. The summed E-state index contributed by atoms with van der Waals surface area (Å²) >= 11 is 0. The van der Waals surface area contributed by atoms with Crippen molar-refractivity contribution in [1.29, 1.82) is 0 Å². The molecule has 3 aromatic rings. The fourth-order valence-electron chi connectivity index (χ4n) is 2.75. The first-order valence-electron chi connectivity index (χ1n) is 7.14. The van der Waals surface area contributed by atoms with Gasteiger partial charge in [-0.15, -0.1) is 0 Å². The van der Waals surface area contributed by atoms with E-state index in [2.05, 4.69) is 29.8 Å². The lowest BCUT2D eigenvalue weighted by Gasteiger charge is -2.18. The van der Waals surface area contributed by atoms with Crippen molar-refractivity contribution >= 4 is 23.4 Å². The minimum Gasteiger partial charge on any atom is -0.368 e.